The van der Waals surface area contributed by atoms with Crippen molar-refractivity contribution in [2.45, 2.75) is 20.3 Å². The Hall–Kier alpha value is -1.75. The molecule has 0 aliphatic carbocycles. The first-order valence-electron chi connectivity index (χ1n) is 5.24. The van der Waals surface area contributed by atoms with Crippen LogP contribution in [0.1, 0.15) is 31.6 Å². The molecule has 4 nitrogen and oxygen atoms in total. The third kappa shape index (κ3) is 2.50. The Balaban J connectivity index is 2.36. The fourth-order valence-corrected chi connectivity index (χ4v) is 2.67. The van der Waals surface area contributed by atoms with E-state index in [1.807, 2.05) is 26.0 Å². The van der Waals surface area contributed by atoms with Gasteiger partial charge in [0.15, 0.2) is 0 Å². The number of aryl methyl sites for hydroxylation is 2. The molecular weight excluding hydrogens is 234 g/mol. The molecule has 0 fully saturated rings. The van der Waals surface area contributed by atoms with Crippen LogP contribution >= 0.6 is 11.3 Å². The third-order valence-electron chi connectivity index (χ3n) is 2.48. The van der Waals surface area contributed by atoms with E-state index in [1.165, 1.54) is 0 Å². The molecule has 0 spiro atoms. The van der Waals surface area contributed by atoms with Gasteiger partial charge in [-0.3, -0.25) is 9.78 Å². The molecule has 0 aliphatic rings. The van der Waals surface area contributed by atoms with Crippen molar-refractivity contribution >= 4 is 17.2 Å². The summed E-state index contributed by atoms with van der Waals surface area (Å²) in [6, 6.07) is 3.69. The summed E-state index contributed by atoms with van der Waals surface area (Å²) in [6.45, 7) is 3.94. The van der Waals surface area contributed by atoms with Crippen LogP contribution in [-0.4, -0.2) is 15.9 Å². The van der Waals surface area contributed by atoms with Gasteiger partial charge in [-0.2, -0.15) is 0 Å². The first-order chi connectivity index (χ1) is 8.08. The summed E-state index contributed by atoms with van der Waals surface area (Å²) in [7, 11) is 0. The average molecular weight is 247 g/mol. The number of hydrogen-bond donors (Lipinski definition) is 1. The molecule has 0 aromatic carbocycles. The summed E-state index contributed by atoms with van der Waals surface area (Å²) >= 11 is 1.64. The highest BCUT2D eigenvalue weighted by atomic mass is 32.1. The molecule has 2 aromatic rings. The number of hydrogen-bond acceptors (Lipinski definition) is 4. The Bertz CT molecular complexity index is 563. The van der Waals surface area contributed by atoms with Crippen molar-refractivity contribution in [1.82, 2.24) is 9.97 Å². The third-order valence-corrected chi connectivity index (χ3v) is 3.55. The van der Waals surface area contributed by atoms with Crippen molar-refractivity contribution in [3.05, 3.63) is 45.2 Å². The van der Waals surface area contributed by atoms with Gasteiger partial charge in [-0.15, -0.1) is 11.3 Å². The molecule has 2 heterocycles. The Labute approximate surface area is 104 Å². The second-order valence-electron chi connectivity index (χ2n) is 3.79. The van der Waals surface area contributed by atoms with Crippen LogP contribution in [0.15, 0.2) is 18.3 Å². The van der Waals surface area contributed by atoms with Crippen molar-refractivity contribution in [2.75, 3.05) is 0 Å². The van der Waals surface area contributed by atoms with Gasteiger partial charge >= 0.3 is 0 Å². The van der Waals surface area contributed by atoms with E-state index in [0.29, 0.717) is 12.1 Å². The van der Waals surface area contributed by atoms with Crippen molar-refractivity contribution in [1.29, 1.82) is 0 Å². The topological polar surface area (TPSA) is 68.9 Å². The fraction of sp³-hybridized carbons (Fsp3) is 0.250. The number of primary amides is 1. The number of amides is 1. The number of aromatic nitrogens is 2. The van der Waals surface area contributed by atoms with Crippen LogP contribution in [-0.2, 0) is 6.42 Å². The van der Waals surface area contributed by atoms with Gasteiger partial charge in [-0.05, 0) is 25.5 Å². The summed E-state index contributed by atoms with van der Waals surface area (Å²) in [6.07, 6.45) is 2.23. The lowest BCUT2D eigenvalue weighted by molar-refractivity contribution is 0.0994. The average Bonchev–Trinajstić information content (AvgIpc) is 2.58. The molecule has 0 saturated carbocycles. The summed E-state index contributed by atoms with van der Waals surface area (Å²) in [5.41, 5.74) is 7.50. The van der Waals surface area contributed by atoms with Crippen LogP contribution in [0.4, 0.5) is 0 Å². The van der Waals surface area contributed by atoms with Gasteiger partial charge in [0.1, 0.15) is 5.69 Å². The van der Waals surface area contributed by atoms with Crippen LogP contribution in [0.3, 0.4) is 0 Å². The quantitative estimate of drug-likeness (QED) is 0.899. The van der Waals surface area contributed by atoms with E-state index in [0.717, 1.165) is 21.1 Å². The number of carbonyl (C=O) groups is 1. The smallest absolute Gasteiger partial charge is 0.267 e. The molecule has 1 amide bonds. The monoisotopic (exact) mass is 247 g/mol. The summed E-state index contributed by atoms with van der Waals surface area (Å²) in [5.74, 6) is -0.487. The molecule has 0 saturated heterocycles. The highest BCUT2D eigenvalue weighted by Gasteiger charge is 2.12. The first kappa shape index (κ1) is 11.7. The number of pyridine rings is 1. The normalized spacial score (nSPS) is 10.5. The number of carbonyl (C=O) groups excluding carboxylic acids is 1. The second-order valence-corrected chi connectivity index (χ2v) is 5.08. The molecule has 0 bridgehead atoms. The second kappa shape index (κ2) is 4.63. The number of nitrogens with two attached hydrogens (primary N) is 1. The zero-order chi connectivity index (χ0) is 12.4. The molecule has 2 rings (SSSR count). The Morgan fingerprint density at radius 1 is 1.47 bits per heavy atom. The minimum Gasteiger partial charge on any atom is -0.364 e. The fourth-order valence-electron chi connectivity index (χ4n) is 1.71. The largest absolute Gasteiger partial charge is 0.364 e. The molecule has 0 aliphatic heterocycles. The van der Waals surface area contributed by atoms with Crippen molar-refractivity contribution in [3.63, 3.8) is 0 Å². The molecule has 2 aromatic heterocycles. The summed E-state index contributed by atoms with van der Waals surface area (Å²) in [4.78, 5) is 20.8. The lowest BCUT2D eigenvalue weighted by atomic mass is 10.1. The predicted molar refractivity (Wildman–Crippen MR) is 67.1 cm³/mol. The first-order valence-corrected chi connectivity index (χ1v) is 6.06. The van der Waals surface area contributed by atoms with Gasteiger partial charge in [-0.1, -0.05) is 6.07 Å². The van der Waals surface area contributed by atoms with Gasteiger partial charge in [0, 0.05) is 17.5 Å². The van der Waals surface area contributed by atoms with Gasteiger partial charge < -0.3 is 5.73 Å². The minimum atomic E-state index is -0.487. The molecular formula is C12H13N3OS. The van der Waals surface area contributed by atoms with Gasteiger partial charge in [0.05, 0.1) is 10.7 Å². The minimum absolute atomic E-state index is 0.345. The lowest BCUT2D eigenvalue weighted by Gasteiger charge is -2.04. The number of rotatable bonds is 3. The van der Waals surface area contributed by atoms with Crippen molar-refractivity contribution in [3.8, 4) is 0 Å². The van der Waals surface area contributed by atoms with E-state index in [1.54, 1.807) is 17.5 Å². The zero-order valence-electron chi connectivity index (χ0n) is 9.73. The molecule has 17 heavy (non-hydrogen) atoms. The van der Waals surface area contributed by atoms with Crippen LogP contribution in [0.2, 0.25) is 0 Å². The van der Waals surface area contributed by atoms with E-state index in [9.17, 15) is 4.79 Å². The van der Waals surface area contributed by atoms with E-state index >= 15 is 0 Å². The van der Waals surface area contributed by atoms with Crippen LogP contribution in [0.5, 0.6) is 0 Å². The molecule has 88 valence electrons. The number of nitrogens with zero attached hydrogens (tertiary/aromatic N) is 2. The van der Waals surface area contributed by atoms with Crippen LogP contribution < -0.4 is 5.73 Å². The maximum atomic E-state index is 11.2. The maximum absolute atomic E-state index is 11.2. The molecule has 0 unspecified atom stereocenters. The zero-order valence-corrected chi connectivity index (χ0v) is 10.5. The highest BCUT2D eigenvalue weighted by molar-refractivity contribution is 7.11. The van der Waals surface area contributed by atoms with E-state index in [2.05, 4.69) is 9.97 Å². The van der Waals surface area contributed by atoms with E-state index in [4.69, 9.17) is 5.73 Å². The Morgan fingerprint density at radius 3 is 2.82 bits per heavy atom. The van der Waals surface area contributed by atoms with Gasteiger partial charge in [0.2, 0.25) is 0 Å². The van der Waals surface area contributed by atoms with Gasteiger partial charge in [0.25, 0.3) is 5.91 Å². The molecule has 0 atom stereocenters. The molecule has 5 heteroatoms. The summed E-state index contributed by atoms with van der Waals surface area (Å²) < 4.78 is 0. The van der Waals surface area contributed by atoms with Crippen LogP contribution in [0.25, 0.3) is 0 Å². The maximum Gasteiger partial charge on any atom is 0.267 e. The Morgan fingerprint density at radius 2 is 2.24 bits per heavy atom. The summed E-state index contributed by atoms with van der Waals surface area (Å²) in [5, 5.41) is 1.03. The molecule has 2 N–H and O–H groups in total. The van der Waals surface area contributed by atoms with Crippen molar-refractivity contribution < 1.29 is 4.79 Å². The van der Waals surface area contributed by atoms with Crippen molar-refractivity contribution in [2.24, 2.45) is 5.73 Å². The lowest BCUT2D eigenvalue weighted by Crippen LogP contribution is -2.15. The Kier molecular flexibility index (Phi) is 3.19. The molecule has 0 radical (unpaired) electrons. The standard InChI is InChI=1S/C12H13N3OS/c1-7-10(17-8(2)15-7)6-9-4-3-5-14-11(9)12(13)16/h3-5H,6H2,1-2H3,(H2,13,16). The van der Waals surface area contributed by atoms with Crippen LogP contribution in [0, 0.1) is 13.8 Å². The van der Waals surface area contributed by atoms with Gasteiger partial charge in [-0.25, -0.2) is 4.98 Å². The van der Waals surface area contributed by atoms with E-state index in [-0.39, 0.29) is 0 Å². The SMILES string of the molecule is Cc1nc(C)c(Cc2cccnc2C(N)=O)s1. The highest BCUT2D eigenvalue weighted by Crippen LogP contribution is 2.21. The number of thiazole rings is 1. The van der Waals surface area contributed by atoms with E-state index < -0.39 is 5.91 Å². The predicted octanol–water partition coefficient (Wildman–Crippen LogP) is 1.84.